The zero-order valence-electron chi connectivity index (χ0n) is 11.8. The summed E-state index contributed by atoms with van der Waals surface area (Å²) in [5, 5.41) is 3.56. The first kappa shape index (κ1) is 12.4. The Hall–Kier alpha value is -1.05. The molecule has 0 aromatic rings. The standard InChI is InChI=1S/C15H24N2/c1-14(2,3)10-8-7-9-11-12(10)17-13(16-11)15(4,5)6/h7-9,11-12H,1-6H3,(H,16,17). The maximum Gasteiger partial charge on any atom is 0.103 e. The Morgan fingerprint density at radius 1 is 1.06 bits per heavy atom. The van der Waals surface area contributed by atoms with Crippen LogP contribution in [0.1, 0.15) is 41.5 Å². The van der Waals surface area contributed by atoms with Gasteiger partial charge in [-0.05, 0) is 11.0 Å². The van der Waals surface area contributed by atoms with Crippen LogP contribution in [0.2, 0.25) is 0 Å². The summed E-state index contributed by atoms with van der Waals surface area (Å²) in [5.74, 6) is 1.13. The minimum Gasteiger partial charge on any atom is -0.365 e. The van der Waals surface area contributed by atoms with Gasteiger partial charge in [-0.25, -0.2) is 0 Å². The molecular weight excluding hydrogens is 208 g/mol. The van der Waals surface area contributed by atoms with Crippen molar-refractivity contribution in [3.63, 3.8) is 0 Å². The molecule has 2 unspecified atom stereocenters. The van der Waals surface area contributed by atoms with Crippen LogP contribution in [0.3, 0.4) is 0 Å². The molecule has 17 heavy (non-hydrogen) atoms. The van der Waals surface area contributed by atoms with E-state index >= 15 is 0 Å². The van der Waals surface area contributed by atoms with Gasteiger partial charge < -0.3 is 5.32 Å². The molecule has 0 aromatic carbocycles. The fourth-order valence-electron chi connectivity index (χ4n) is 2.39. The van der Waals surface area contributed by atoms with Crippen molar-refractivity contribution < 1.29 is 0 Å². The minimum absolute atomic E-state index is 0.105. The van der Waals surface area contributed by atoms with E-state index in [0.717, 1.165) is 5.84 Å². The van der Waals surface area contributed by atoms with Crippen LogP contribution >= 0.6 is 0 Å². The Balaban J connectivity index is 2.33. The molecular formula is C15H24N2. The van der Waals surface area contributed by atoms with E-state index in [1.165, 1.54) is 5.57 Å². The van der Waals surface area contributed by atoms with Crippen LogP contribution in [0, 0.1) is 10.8 Å². The third-order valence-corrected chi connectivity index (χ3v) is 3.40. The van der Waals surface area contributed by atoms with E-state index in [9.17, 15) is 0 Å². The van der Waals surface area contributed by atoms with Crippen molar-refractivity contribution in [1.82, 2.24) is 5.32 Å². The van der Waals surface area contributed by atoms with Crippen molar-refractivity contribution in [2.24, 2.45) is 15.8 Å². The topological polar surface area (TPSA) is 24.4 Å². The molecule has 2 nitrogen and oxygen atoms in total. The molecule has 0 amide bonds. The number of amidine groups is 1. The lowest BCUT2D eigenvalue weighted by molar-refractivity contribution is 0.448. The molecule has 1 aliphatic heterocycles. The Labute approximate surface area is 105 Å². The first-order chi connectivity index (χ1) is 7.69. The molecule has 94 valence electrons. The molecule has 0 radical (unpaired) electrons. The quantitative estimate of drug-likeness (QED) is 0.681. The average molecular weight is 232 g/mol. The van der Waals surface area contributed by atoms with E-state index in [1.807, 2.05) is 0 Å². The number of nitrogens with one attached hydrogen (secondary N) is 1. The van der Waals surface area contributed by atoms with Gasteiger partial charge >= 0.3 is 0 Å². The van der Waals surface area contributed by atoms with E-state index in [4.69, 9.17) is 4.99 Å². The van der Waals surface area contributed by atoms with Gasteiger partial charge in [0.25, 0.3) is 0 Å². The fraction of sp³-hybridized carbons (Fsp3) is 0.667. The van der Waals surface area contributed by atoms with E-state index in [2.05, 4.69) is 65.1 Å². The molecule has 0 fully saturated rings. The summed E-state index contributed by atoms with van der Waals surface area (Å²) >= 11 is 0. The van der Waals surface area contributed by atoms with Crippen molar-refractivity contribution in [1.29, 1.82) is 0 Å². The fourth-order valence-corrected chi connectivity index (χ4v) is 2.39. The Bertz CT molecular complexity index is 400. The first-order valence-corrected chi connectivity index (χ1v) is 6.43. The van der Waals surface area contributed by atoms with Crippen molar-refractivity contribution in [3.8, 4) is 0 Å². The van der Waals surface area contributed by atoms with Gasteiger partial charge in [0.05, 0.1) is 12.1 Å². The Morgan fingerprint density at radius 3 is 2.24 bits per heavy atom. The molecule has 2 aliphatic rings. The number of aliphatic imine (C=N–C) groups is 1. The summed E-state index contributed by atoms with van der Waals surface area (Å²) in [5.41, 5.74) is 1.72. The zero-order valence-corrected chi connectivity index (χ0v) is 11.8. The summed E-state index contributed by atoms with van der Waals surface area (Å²) in [6.07, 6.45) is 6.62. The van der Waals surface area contributed by atoms with Gasteiger partial charge in [-0.1, -0.05) is 59.8 Å². The first-order valence-electron chi connectivity index (χ1n) is 6.43. The van der Waals surface area contributed by atoms with Crippen LogP contribution in [0.15, 0.2) is 28.8 Å². The van der Waals surface area contributed by atoms with Crippen LogP contribution in [0.5, 0.6) is 0 Å². The lowest BCUT2D eigenvalue weighted by Crippen LogP contribution is -2.40. The Kier molecular flexibility index (Phi) is 2.72. The average Bonchev–Trinajstić information content (AvgIpc) is 2.57. The minimum atomic E-state index is 0.105. The largest absolute Gasteiger partial charge is 0.365 e. The molecule has 1 aliphatic carbocycles. The van der Waals surface area contributed by atoms with Crippen LogP contribution in [0.4, 0.5) is 0 Å². The number of rotatable bonds is 0. The maximum atomic E-state index is 4.92. The molecule has 0 aromatic heterocycles. The van der Waals surface area contributed by atoms with Gasteiger partial charge in [-0.3, -0.25) is 4.99 Å². The maximum absolute atomic E-state index is 4.92. The number of nitrogens with zero attached hydrogens (tertiary/aromatic N) is 1. The third-order valence-electron chi connectivity index (χ3n) is 3.40. The second-order valence-corrected chi connectivity index (χ2v) is 7.10. The predicted octanol–water partition coefficient (Wildman–Crippen LogP) is 3.31. The van der Waals surface area contributed by atoms with Crippen molar-refractivity contribution in [2.75, 3.05) is 0 Å². The molecule has 1 heterocycles. The highest BCUT2D eigenvalue weighted by molar-refractivity contribution is 5.90. The van der Waals surface area contributed by atoms with E-state index in [0.29, 0.717) is 6.04 Å². The van der Waals surface area contributed by atoms with Gasteiger partial charge in [0, 0.05) is 5.41 Å². The molecule has 0 saturated carbocycles. The summed E-state index contributed by atoms with van der Waals surface area (Å²) in [4.78, 5) is 4.92. The van der Waals surface area contributed by atoms with Crippen molar-refractivity contribution in [2.45, 2.75) is 53.6 Å². The van der Waals surface area contributed by atoms with E-state index in [-0.39, 0.29) is 16.9 Å². The molecule has 2 heteroatoms. The highest BCUT2D eigenvalue weighted by atomic mass is 15.1. The lowest BCUT2D eigenvalue weighted by Gasteiger charge is -2.31. The van der Waals surface area contributed by atoms with Crippen LogP contribution in [-0.4, -0.2) is 17.9 Å². The SMILES string of the molecule is CC(C)(C)C1=CC=CC2NC(C(C)(C)C)=NC12. The van der Waals surface area contributed by atoms with Crippen LogP contribution < -0.4 is 5.32 Å². The molecule has 0 bridgehead atoms. The number of hydrogen-bond acceptors (Lipinski definition) is 2. The van der Waals surface area contributed by atoms with E-state index < -0.39 is 0 Å². The number of hydrogen-bond donors (Lipinski definition) is 1. The second kappa shape index (κ2) is 3.72. The van der Waals surface area contributed by atoms with Gasteiger partial charge in [0.2, 0.25) is 0 Å². The highest BCUT2D eigenvalue weighted by Crippen LogP contribution is 2.36. The molecule has 2 atom stereocenters. The lowest BCUT2D eigenvalue weighted by atomic mass is 9.78. The molecule has 2 rings (SSSR count). The van der Waals surface area contributed by atoms with Crippen LogP contribution in [-0.2, 0) is 0 Å². The van der Waals surface area contributed by atoms with Crippen LogP contribution in [0.25, 0.3) is 0 Å². The summed E-state index contributed by atoms with van der Waals surface area (Å²) < 4.78 is 0. The summed E-state index contributed by atoms with van der Waals surface area (Å²) in [6, 6.07) is 0.637. The Morgan fingerprint density at radius 2 is 1.71 bits per heavy atom. The smallest absolute Gasteiger partial charge is 0.103 e. The third kappa shape index (κ3) is 2.31. The molecule has 0 spiro atoms. The normalized spacial score (nSPS) is 28.4. The van der Waals surface area contributed by atoms with Gasteiger partial charge in [-0.15, -0.1) is 0 Å². The van der Waals surface area contributed by atoms with E-state index in [1.54, 1.807) is 0 Å². The van der Waals surface area contributed by atoms with Gasteiger partial charge in [0.15, 0.2) is 0 Å². The van der Waals surface area contributed by atoms with Gasteiger partial charge in [0.1, 0.15) is 5.84 Å². The van der Waals surface area contributed by atoms with Crippen molar-refractivity contribution in [3.05, 3.63) is 23.8 Å². The molecule has 0 saturated heterocycles. The molecule has 1 N–H and O–H groups in total. The monoisotopic (exact) mass is 232 g/mol. The summed E-state index contributed by atoms with van der Waals surface area (Å²) in [7, 11) is 0. The van der Waals surface area contributed by atoms with Gasteiger partial charge in [-0.2, -0.15) is 0 Å². The summed E-state index contributed by atoms with van der Waals surface area (Å²) in [6.45, 7) is 13.4. The predicted molar refractivity (Wildman–Crippen MR) is 74.3 cm³/mol. The highest BCUT2D eigenvalue weighted by Gasteiger charge is 2.38. The second-order valence-electron chi connectivity index (χ2n) is 7.10. The number of allylic oxidation sites excluding steroid dienone is 2. The zero-order chi connectivity index (χ0) is 12.8. The van der Waals surface area contributed by atoms with Crippen molar-refractivity contribution >= 4 is 5.84 Å². The number of fused-ring (bicyclic) bond motifs is 1.